The van der Waals surface area contributed by atoms with E-state index in [9.17, 15) is 0 Å². The third-order valence-corrected chi connectivity index (χ3v) is 6.43. The van der Waals surface area contributed by atoms with Gasteiger partial charge in [0.25, 0.3) is 0 Å². The number of hydrogen-bond donors (Lipinski definition) is 0. The zero-order valence-corrected chi connectivity index (χ0v) is 22.3. The van der Waals surface area contributed by atoms with Gasteiger partial charge in [-0.05, 0) is 66.7 Å². The van der Waals surface area contributed by atoms with Gasteiger partial charge in [-0.1, -0.05) is 135 Å². The molecular formula is C34H40. The summed E-state index contributed by atoms with van der Waals surface area (Å²) in [4.78, 5) is 0. The second-order valence-corrected chi connectivity index (χ2v) is 8.95. The fourth-order valence-electron chi connectivity index (χ4n) is 5.01. The summed E-state index contributed by atoms with van der Waals surface area (Å²) in [6.07, 6.45) is 1.25. The van der Waals surface area contributed by atoms with Crippen LogP contribution < -0.4 is 0 Å². The molecule has 0 amide bonds. The van der Waals surface area contributed by atoms with Crippen LogP contribution in [0.3, 0.4) is 0 Å². The van der Waals surface area contributed by atoms with Crippen LogP contribution in [0.4, 0.5) is 0 Å². The summed E-state index contributed by atoms with van der Waals surface area (Å²) in [7, 11) is 0. The first-order chi connectivity index (χ1) is 16.6. The highest BCUT2D eigenvalue weighted by atomic mass is 14.4. The molecule has 0 heterocycles. The van der Waals surface area contributed by atoms with Crippen molar-refractivity contribution in [3.05, 3.63) is 96.1 Å². The van der Waals surface area contributed by atoms with Gasteiger partial charge in [0.1, 0.15) is 0 Å². The van der Waals surface area contributed by atoms with E-state index in [1.54, 1.807) is 0 Å². The van der Waals surface area contributed by atoms with E-state index < -0.39 is 0 Å². The maximum atomic E-state index is 2.44. The van der Waals surface area contributed by atoms with Crippen LogP contribution in [-0.2, 0) is 5.41 Å². The van der Waals surface area contributed by atoms with Gasteiger partial charge in [0.05, 0.1) is 0 Å². The summed E-state index contributed by atoms with van der Waals surface area (Å²) in [5.41, 5.74) is 5.72. The molecule has 0 atom stereocenters. The summed E-state index contributed by atoms with van der Waals surface area (Å²) in [5.74, 6) is 0. The maximum Gasteiger partial charge on any atom is 0.0159 e. The standard InChI is InChI=1S/C27H20.C3H8.2C2H6/c1-27(2)24-14-13-18-8-4-6-10-21(18)26(24)23-16-22-19(15-25(23)27)12-11-17-7-3-5-9-20(17)22;1-3-2;2*1-2/h3-16H,1-2H3;3H2,1-2H3;2*1-2H3. The molecule has 0 unspecified atom stereocenters. The minimum Gasteiger partial charge on any atom is -0.0683 e. The molecule has 0 aromatic heterocycles. The third-order valence-electron chi connectivity index (χ3n) is 6.43. The Morgan fingerprint density at radius 3 is 1.68 bits per heavy atom. The molecule has 34 heavy (non-hydrogen) atoms. The van der Waals surface area contributed by atoms with Crippen molar-refractivity contribution in [1.29, 1.82) is 0 Å². The molecule has 0 nitrogen and oxygen atoms in total. The normalized spacial score (nSPS) is 12.5. The van der Waals surface area contributed by atoms with Crippen molar-refractivity contribution in [3.63, 3.8) is 0 Å². The Labute approximate surface area is 206 Å². The molecule has 0 saturated heterocycles. The average Bonchev–Trinajstić information content (AvgIpc) is 3.12. The molecular weight excluding hydrogens is 408 g/mol. The van der Waals surface area contributed by atoms with Gasteiger partial charge in [-0.3, -0.25) is 0 Å². The lowest BCUT2D eigenvalue weighted by Crippen LogP contribution is -2.14. The zero-order valence-electron chi connectivity index (χ0n) is 22.3. The van der Waals surface area contributed by atoms with Gasteiger partial charge in [0.15, 0.2) is 0 Å². The first kappa shape index (κ1) is 25.5. The Balaban J connectivity index is 0.000000423. The van der Waals surface area contributed by atoms with E-state index in [4.69, 9.17) is 0 Å². The highest BCUT2D eigenvalue weighted by Gasteiger charge is 2.36. The zero-order chi connectivity index (χ0) is 24.9. The summed E-state index contributed by atoms with van der Waals surface area (Å²) < 4.78 is 0. The van der Waals surface area contributed by atoms with Gasteiger partial charge in [0, 0.05) is 5.41 Å². The van der Waals surface area contributed by atoms with Crippen molar-refractivity contribution in [2.45, 2.75) is 67.2 Å². The molecule has 5 aromatic rings. The number of rotatable bonds is 0. The van der Waals surface area contributed by atoms with Crippen LogP contribution in [0.2, 0.25) is 0 Å². The molecule has 1 aliphatic carbocycles. The second kappa shape index (κ2) is 10.9. The van der Waals surface area contributed by atoms with Gasteiger partial charge >= 0.3 is 0 Å². The minimum atomic E-state index is 0.0224. The van der Waals surface area contributed by atoms with E-state index in [0.29, 0.717) is 0 Å². The van der Waals surface area contributed by atoms with Gasteiger partial charge < -0.3 is 0 Å². The second-order valence-electron chi connectivity index (χ2n) is 8.95. The number of benzene rings is 5. The summed E-state index contributed by atoms with van der Waals surface area (Å²) in [6.45, 7) is 17.0. The molecule has 0 spiro atoms. The van der Waals surface area contributed by atoms with Crippen LogP contribution in [0.1, 0.15) is 72.9 Å². The number of fused-ring (bicyclic) bond motifs is 8. The third kappa shape index (κ3) is 4.23. The Morgan fingerprint density at radius 1 is 0.529 bits per heavy atom. The Morgan fingerprint density at radius 2 is 1.03 bits per heavy atom. The largest absolute Gasteiger partial charge is 0.0683 e. The van der Waals surface area contributed by atoms with E-state index in [1.807, 2.05) is 27.7 Å². The summed E-state index contributed by atoms with van der Waals surface area (Å²) >= 11 is 0. The quantitative estimate of drug-likeness (QED) is 0.207. The van der Waals surface area contributed by atoms with Gasteiger partial charge in [0.2, 0.25) is 0 Å². The lowest BCUT2D eigenvalue weighted by atomic mass is 9.81. The molecule has 5 aromatic carbocycles. The van der Waals surface area contributed by atoms with Crippen LogP contribution >= 0.6 is 0 Å². The van der Waals surface area contributed by atoms with E-state index >= 15 is 0 Å². The molecule has 0 fully saturated rings. The van der Waals surface area contributed by atoms with Crippen LogP contribution in [0.25, 0.3) is 43.4 Å². The molecule has 0 N–H and O–H groups in total. The van der Waals surface area contributed by atoms with Gasteiger partial charge in [-0.2, -0.15) is 0 Å². The summed E-state index contributed by atoms with van der Waals surface area (Å²) in [6, 6.07) is 31.5. The topological polar surface area (TPSA) is 0 Å². The van der Waals surface area contributed by atoms with Crippen LogP contribution in [-0.4, -0.2) is 0 Å². The van der Waals surface area contributed by atoms with E-state index in [2.05, 4.69) is 113 Å². The molecule has 176 valence electrons. The predicted molar refractivity (Wildman–Crippen MR) is 155 cm³/mol. The van der Waals surface area contributed by atoms with Crippen LogP contribution in [0.15, 0.2) is 84.9 Å². The van der Waals surface area contributed by atoms with Crippen molar-refractivity contribution >= 4 is 32.3 Å². The maximum absolute atomic E-state index is 2.44. The first-order valence-electron chi connectivity index (χ1n) is 13.0. The molecule has 0 saturated carbocycles. The monoisotopic (exact) mass is 448 g/mol. The fourth-order valence-corrected chi connectivity index (χ4v) is 5.01. The van der Waals surface area contributed by atoms with Crippen molar-refractivity contribution in [2.24, 2.45) is 0 Å². The predicted octanol–water partition coefficient (Wildman–Crippen LogP) is 10.9. The van der Waals surface area contributed by atoms with Crippen molar-refractivity contribution in [3.8, 4) is 11.1 Å². The molecule has 1 aliphatic rings. The van der Waals surface area contributed by atoms with Gasteiger partial charge in [-0.25, -0.2) is 0 Å². The molecule has 0 radical (unpaired) electrons. The van der Waals surface area contributed by atoms with E-state index in [0.717, 1.165) is 0 Å². The molecule has 6 rings (SSSR count). The summed E-state index contributed by atoms with van der Waals surface area (Å²) in [5, 5.41) is 8.00. The van der Waals surface area contributed by atoms with E-state index in [-0.39, 0.29) is 5.41 Å². The number of hydrogen-bond acceptors (Lipinski definition) is 0. The highest BCUT2D eigenvalue weighted by Crippen LogP contribution is 2.52. The Hall–Kier alpha value is -3.12. The van der Waals surface area contributed by atoms with Crippen LogP contribution in [0, 0.1) is 0 Å². The van der Waals surface area contributed by atoms with Gasteiger partial charge in [-0.15, -0.1) is 0 Å². The van der Waals surface area contributed by atoms with Crippen molar-refractivity contribution in [1.82, 2.24) is 0 Å². The van der Waals surface area contributed by atoms with Crippen LogP contribution in [0.5, 0.6) is 0 Å². The lowest BCUT2D eigenvalue weighted by molar-refractivity contribution is 0.661. The molecule has 0 bridgehead atoms. The Bertz CT molecular complexity index is 1400. The highest BCUT2D eigenvalue weighted by molar-refractivity contribution is 6.12. The van der Waals surface area contributed by atoms with E-state index in [1.165, 1.54) is 61.0 Å². The lowest BCUT2D eigenvalue weighted by Gasteiger charge is -2.22. The minimum absolute atomic E-state index is 0.0224. The van der Waals surface area contributed by atoms with Crippen molar-refractivity contribution in [2.75, 3.05) is 0 Å². The fraction of sp³-hybridized carbons (Fsp3) is 0.294. The van der Waals surface area contributed by atoms with Crippen molar-refractivity contribution < 1.29 is 0 Å². The molecule has 0 aliphatic heterocycles. The molecule has 0 heteroatoms. The average molecular weight is 449 g/mol. The SMILES string of the molecule is CC.CC.CC1(C)c2cc3ccc4ccccc4c3cc2-c2c1ccc1ccccc21.CCC. The smallest absolute Gasteiger partial charge is 0.0159 e. The first-order valence-corrected chi connectivity index (χ1v) is 13.0. The Kier molecular flexibility index (Phi) is 8.15.